The molecule has 0 aliphatic heterocycles. The van der Waals surface area contributed by atoms with Crippen LogP contribution in [0.1, 0.15) is 30.6 Å². The quantitative estimate of drug-likeness (QED) is 0.859. The second kappa shape index (κ2) is 4.64. The van der Waals surface area contributed by atoms with Crippen LogP contribution in [0, 0.1) is 5.92 Å². The monoisotopic (exact) mass is 248 g/mol. The molecule has 18 heavy (non-hydrogen) atoms. The van der Waals surface area contributed by atoms with Gasteiger partial charge in [-0.3, -0.25) is 0 Å². The van der Waals surface area contributed by atoms with E-state index in [4.69, 9.17) is 10.8 Å². The van der Waals surface area contributed by atoms with Crippen molar-refractivity contribution in [3.8, 4) is 0 Å². The summed E-state index contributed by atoms with van der Waals surface area (Å²) in [5.74, 6) is -0.503. The van der Waals surface area contributed by atoms with Gasteiger partial charge in [-0.1, -0.05) is 13.8 Å². The average Bonchev–Trinajstić information content (AvgIpc) is 2.70. The molecule has 2 heterocycles. The van der Waals surface area contributed by atoms with Crippen LogP contribution in [0.3, 0.4) is 0 Å². The van der Waals surface area contributed by atoms with Gasteiger partial charge in [-0.25, -0.2) is 14.5 Å². The summed E-state index contributed by atoms with van der Waals surface area (Å²) in [5.41, 5.74) is 6.70. The summed E-state index contributed by atoms with van der Waals surface area (Å²) in [6.07, 6.45) is 3.84. The fraction of sp³-hybridized carbons (Fsp3) is 0.417. The summed E-state index contributed by atoms with van der Waals surface area (Å²) >= 11 is 0. The van der Waals surface area contributed by atoms with Gasteiger partial charge in [0.05, 0.1) is 17.3 Å². The zero-order valence-corrected chi connectivity index (χ0v) is 10.4. The van der Waals surface area contributed by atoms with Crippen LogP contribution in [-0.4, -0.2) is 25.8 Å². The number of nitrogen functional groups attached to an aromatic ring is 1. The Morgan fingerprint density at radius 1 is 1.50 bits per heavy atom. The van der Waals surface area contributed by atoms with Crippen molar-refractivity contribution in [1.29, 1.82) is 0 Å². The van der Waals surface area contributed by atoms with Gasteiger partial charge in [0.25, 0.3) is 0 Å². The molecule has 96 valence electrons. The van der Waals surface area contributed by atoms with E-state index >= 15 is 0 Å². The molecule has 2 aromatic rings. The van der Waals surface area contributed by atoms with E-state index in [1.165, 1.54) is 6.20 Å². The SMILES string of the molecule is CC(C)CCn1ncc2c(N)c(C(=O)O)cnc21. The molecule has 2 aromatic heterocycles. The van der Waals surface area contributed by atoms with E-state index in [2.05, 4.69) is 23.9 Å². The first kappa shape index (κ1) is 12.3. The van der Waals surface area contributed by atoms with E-state index < -0.39 is 5.97 Å². The summed E-state index contributed by atoms with van der Waals surface area (Å²) < 4.78 is 1.76. The third-order valence-electron chi connectivity index (χ3n) is 2.86. The van der Waals surface area contributed by atoms with Gasteiger partial charge in [0.1, 0.15) is 5.56 Å². The molecule has 0 saturated heterocycles. The molecule has 0 radical (unpaired) electrons. The highest BCUT2D eigenvalue weighted by Crippen LogP contribution is 2.23. The normalized spacial score (nSPS) is 11.3. The standard InChI is InChI=1S/C12H16N4O2/c1-7(2)3-4-16-11-8(6-15-16)10(13)9(5-14-11)12(17)18/h5-7H,3-4H2,1-2H3,(H2,13,14)(H,17,18). The zero-order chi connectivity index (χ0) is 13.3. The molecule has 0 aliphatic rings. The molecule has 0 aromatic carbocycles. The molecular weight excluding hydrogens is 232 g/mol. The van der Waals surface area contributed by atoms with E-state index in [0.717, 1.165) is 13.0 Å². The van der Waals surface area contributed by atoms with Crippen molar-refractivity contribution in [2.45, 2.75) is 26.8 Å². The molecule has 0 aliphatic carbocycles. The van der Waals surface area contributed by atoms with Gasteiger partial charge in [0, 0.05) is 12.7 Å². The fourth-order valence-electron chi connectivity index (χ4n) is 1.76. The van der Waals surface area contributed by atoms with Crippen molar-refractivity contribution in [3.05, 3.63) is 18.0 Å². The van der Waals surface area contributed by atoms with Crippen LogP contribution in [0.2, 0.25) is 0 Å². The number of carboxylic acid groups (broad SMARTS) is 1. The Morgan fingerprint density at radius 2 is 2.22 bits per heavy atom. The maximum absolute atomic E-state index is 10.9. The lowest BCUT2D eigenvalue weighted by Gasteiger charge is -2.06. The number of aromatic carboxylic acids is 1. The Labute approximate surface area is 104 Å². The van der Waals surface area contributed by atoms with Gasteiger partial charge in [-0.05, 0) is 12.3 Å². The highest BCUT2D eigenvalue weighted by Gasteiger charge is 2.15. The number of hydrogen-bond acceptors (Lipinski definition) is 4. The second-order valence-corrected chi connectivity index (χ2v) is 4.68. The van der Waals surface area contributed by atoms with E-state index in [-0.39, 0.29) is 11.3 Å². The van der Waals surface area contributed by atoms with Crippen LogP contribution in [0.5, 0.6) is 0 Å². The van der Waals surface area contributed by atoms with Crippen molar-refractivity contribution >= 4 is 22.7 Å². The van der Waals surface area contributed by atoms with Gasteiger partial charge >= 0.3 is 5.97 Å². The molecule has 0 amide bonds. The number of hydrogen-bond donors (Lipinski definition) is 2. The highest BCUT2D eigenvalue weighted by atomic mass is 16.4. The Balaban J connectivity index is 2.43. The third kappa shape index (κ3) is 2.13. The molecule has 2 rings (SSSR count). The number of aromatic nitrogens is 3. The topological polar surface area (TPSA) is 94.0 Å². The average molecular weight is 248 g/mol. The van der Waals surface area contributed by atoms with Crippen molar-refractivity contribution in [3.63, 3.8) is 0 Å². The van der Waals surface area contributed by atoms with E-state index in [9.17, 15) is 4.79 Å². The van der Waals surface area contributed by atoms with Crippen LogP contribution >= 0.6 is 0 Å². The number of nitrogens with two attached hydrogens (primary N) is 1. The number of aryl methyl sites for hydroxylation is 1. The minimum atomic E-state index is -1.07. The lowest BCUT2D eigenvalue weighted by Crippen LogP contribution is -2.06. The molecule has 0 fully saturated rings. The van der Waals surface area contributed by atoms with Crippen molar-refractivity contribution in [2.75, 3.05) is 5.73 Å². The molecule has 0 unspecified atom stereocenters. The van der Waals surface area contributed by atoms with Gasteiger partial charge < -0.3 is 10.8 Å². The van der Waals surface area contributed by atoms with Crippen molar-refractivity contribution < 1.29 is 9.90 Å². The highest BCUT2D eigenvalue weighted by molar-refractivity contribution is 6.02. The number of pyridine rings is 1. The van der Waals surface area contributed by atoms with Crippen LogP contribution in [-0.2, 0) is 6.54 Å². The third-order valence-corrected chi connectivity index (χ3v) is 2.86. The summed E-state index contributed by atoms with van der Waals surface area (Å²) in [5, 5.41) is 13.8. The van der Waals surface area contributed by atoms with E-state index in [0.29, 0.717) is 17.0 Å². The molecule has 0 saturated carbocycles. The molecule has 3 N–H and O–H groups in total. The number of carboxylic acids is 1. The molecule has 0 bridgehead atoms. The maximum atomic E-state index is 10.9. The molecule has 6 nitrogen and oxygen atoms in total. The summed E-state index contributed by atoms with van der Waals surface area (Å²) in [6, 6.07) is 0. The van der Waals surface area contributed by atoms with E-state index in [1.54, 1.807) is 10.9 Å². The number of anilines is 1. The Kier molecular flexibility index (Phi) is 3.18. The number of rotatable bonds is 4. The van der Waals surface area contributed by atoms with Crippen LogP contribution in [0.15, 0.2) is 12.4 Å². The van der Waals surface area contributed by atoms with Gasteiger partial charge in [-0.2, -0.15) is 5.10 Å². The minimum Gasteiger partial charge on any atom is -0.478 e. The van der Waals surface area contributed by atoms with Crippen molar-refractivity contribution in [2.24, 2.45) is 5.92 Å². The molecule has 0 spiro atoms. The second-order valence-electron chi connectivity index (χ2n) is 4.68. The van der Waals surface area contributed by atoms with Crippen LogP contribution in [0.25, 0.3) is 11.0 Å². The lowest BCUT2D eigenvalue weighted by atomic mass is 10.1. The van der Waals surface area contributed by atoms with Gasteiger partial charge in [-0.15, -0.1) is 0 Å². The molecule has 0 atom stereocenters. The predicted molar refractivity (Wildman–Crippen MR) is 68.4 cm³/mol. The van der Waals surface area contributed by atoms with Gasteiger partial charge in [0.2, 0.25) is 0 Å². The Morgan fingerprint density at radius 3 is 2.83 bits per heavy atom. The summed E-state index contributed by atoms with van der Waals surface area (Å²) in [4.78, 5) is 15.1. The first-order valence-electron chi connectivity index (χ1n) is 5.84. The smallest absolute Gasteiger partial charge is 0.339 e. The Bertz CT molecular complexity index is 589. The predicted octanol–water partition coefficient (Wildman–Crippen LogP) is 1.76. The maximum Gasteiger partial charge on any atom is 0.339 e. The lowest BCUT2D eigenvalue weighted by molar-refractivity contribution is 0.0698. The fourth-order valence-corrected chi connectivity index (χ4v) is 1.76. The first-order chi connectivity index (χ1) is 8.50. The number of fused-ring (bicyclic) bond motifs is 1. The Hall–Kier alpha value is -2.11. The summed E-state index contributed by atoms with van der Waals surface area (Å²) in [7, 11) is 0. The molecule has 6 heteroatoms. The summed E-state index contributed by atoms with van der Waals surface area (Å²) in [6.45, 7) is 5.02. The number of nitrogens with zero attached hydrogens (tertiary/aromatic N) is 3. The number of carbonyl (C=O) groups is 1. The van der Waals surface area contributed by atoms with Crippen LogP contribution < -0.4 is 5.73 Å². The van der Waals surface area contributed by atoms with Gasteiger partial charge in [0.15, 0.2) is 5.65 Å². The largest absolute Gasteiger partial charge is 0.478 e. The minimum absolute atomic E-state index is 0.0194. The molecular formula is C12H16N4O2. The first-order valence-corrected chi connectivity index (χ1v) is 5.84. The van der Waals surface area contributed by atoms with Crippen molar-refractivity contribution in [1.82, 2.24) is 14.8 Å². The zero-order valence-electron chi connectivity index (χ0n) is 10.4. The van der Waals surface area contributed by atoms with Crippen LogP contribution in [0.4, 0.5) is 5.69 Å². The van der Waals surface area contributed by atoms with E-state index in [1.807, 2.05) is 0 Å².